The number of epoxide rings is 1. The molecule has 1 aliphatic rings. The lowest BCUT2D eigenvalue weighted by molar-refractivity contribution is -0.146. The minimum absolute atomic E-state index is 0.349. The molecular formula is C8H14O4. The van der Waals surface area contributed by atoms with Crippen molar-refractivity contribution >= 4 is 5.97 Å². The van der Waals surface area contributed by atoms with E-state index in [4.69, 9.17) is 14.9 Å². The molecule has 0 unspecified atom stereocenters. The molecule has 1 aliphatic heterocycles. The second-order valence-corrected chi connectivity index (χ2v) is 3.09. The van der Waals surface area contributed by atoms with Crippen molar-refractivity contribution in [3.05, 3.63) is 0 Å². The predicted octanol–water partition coefficient (Wildman–Crippen LogP) is 0.391. The fourth-order valence-corrected chi connectivity index (χ4v) is 1.07. The van der Waals surface area contributed by atoms with E-state index < -0.39 is 12.1 Å². The summed E-state index contributed by atoms with van der Waals surface area (Å²) in [5.41, 5.74) is 0. The number of ether oxygens (including phenoxy) is 1. The molecule has 0 spiro atoms. The second kappa shape index (κ2) is 4.42. The number of rotatable bonds is 6. The summed E-state index contributed by atoms with van der Waals surface area (Å²) in [7, 11) is 0. The maximum Gasteiger partial charge on any atom is 0.332 e. The number of carboxylic acids is 1. The average Bonchev–Trinajstić information content (AvgIpc) is 2.80. The van der Waals surface area contributed by atoms with Crippen LogP contribution < -0.4 is 0 Å². The Hall–Kier alpha value is -0.610. The number of carboxylic acid groups (broad SMARTS) is 1. The molecule has 1 fully saturated rings. The number of hydrogen-bond donors (Lipinski definition) is 2. The van der Waals surface area contributed by atoms with Gasteiger partial charge < -0.3 is 14.9 Å². The molecule has 1 heterocycles. The van der Waals surface area contributed by atoms with Gasteiger partial charge >= 0.3 is 5.97 Å². The van der Waals surface area contributed by atoms with Gasteiger partial charge in [0.05, 0.1) is 12.7 Å². The third-order valence-corrected chi connectivity index (χ3v) is 1.94. The fourth-order valence-electron chi connectivity index (χ4n) is 1.07. The largest absolute Gasteiger partial charge is 0.479 e. The van der Waals surface area contributed by atoms with Crippen LogP contribution in [0.5, 0.6) is 0 Å². The van der Waals surface area contributed by atoms with E-state index >= 15 is 0 Å². The highest BCUT2D eigenvalue weighted by Crippen LogP contribution is 2.17. The first-order chi connectivity index (χ1) is 5.70. The molecule has 0 aromatic carbocycles. The number of unbranched alkanes of at least 4 members (excludes halogenated alkanes) is 1. The zero-order valence-corrected chi connectivity index (χ0v) is 6.90. The Balaban J connectivity index is 1.89. The predicted molar refractivity (Wildman–Crippen MR) is 41.9 cm³/mol. The lowest BCUT2D eigenvalue weighted by Crippen LogP contribution is -2.18. The molecule has 0 aromatic rings. The number of aliphatic hydroxyl groups excluding tert-OH is 1. The van der Waals surface area contributed by atoms with Crippen molar-refractivity contribution in [3.8, 4) is 0 Å². The standard InChI is InChI=1S/C8H14O4/c9-7(8(10)11)4-2-1-3-6-5-12-6/h6-7,9H,1-5H2,(H,10,11)/t6-,7+/m0/s1. The van der Waals surface area contributed by atoms with Gasteiger partial charge in [-0.1, -0.05) is 12.8 Å². The minimum atomic E-state index is -1.19. The van der Waals surface area contributed by atoms with Crippen molar-refractivity contribution in [3.63, 3.8) is 0 Å². The molecule has 1 rings (SSSR count). The van der Waals surface area contributed by atoms with E-state index in [0.717, 1.165) is 25.9 Å². The Bertz CT molecular complexity index is 153. The van der Waals surface area contributed by atoms with Gasteiger partial charge in [0.1, 0.15) is 0 Å². The summed E-state index contributed by atoms with van der Waals surface area (Å²) in [4.78, 5) is 10.2. The van der Waals surface area contributed by atoms with Crippen LogP contribution in [0.15, 0.2) is 0 Å². The number of carbonyl (C=O) groups is 1. The van der Waals surface area contributed by atoms with Crippen LogP contribution in [-0.4, -0.2) is 35.0 Å². The summed E-state index contributed by atoms with van der Waals surface area (Å²) in [6.07, 6.45) is 2.26. The Labute approximate surface area is 71.2 Å². The molecule has 0 radical (unpaired) electrons. The van der Waals surface area contributed by atoms with Crippen LogP contribution in [-0.2, 0) is 9.53 Å². The van der Waals surface area contributed by atoms with Gasteiger partial charge in [-0.05, 0) is 12.8 Å². The van der Waals surface area contributed by atoms with Gasteiger partial charge in [-0.15, -0.1) is 0 Å². The molecule has 12 heavy (non-hydrogen) atoms. The topological polar surface area (TPSA) is 70.1 Å². The fraction of sp³-hybridized carbons (Fsp3) is 0.875. The van der Waals surface area contributed by atoms with Crippen molar-refractivity contribution in [1.82, 2.24) is 0 Å². The molecule has 2 N–H and O–H groups in total. The number of aliphatic carboxylic acids is 1. The summed E-state index contributed by atoms with van der Waals surface area (Å²) in [6.45, 7) is 0.849. The van der Waals surface area contributed by atoms with E-state index in [0.29, 0.717) is 12.5 Å². The molecule has 2 atom stereocenters. The average molecular weight is 174 g/mol. The van der Waals surface area contributed by atoms with Gasteiger partial charge in [0.2, 0.25) is 0 Å². The lowest BCUT2D eigenvalue weighted by atomic mass is 10.1. The first-order valence-electron chi connectivity index (χ1n) is 4.22. The maximum absolute atomic E-state index is 10.2. The van der Waals surface area contributed by atoms with Gasteiger partial charge in [0.15, 0.2) is 6.10 Å². The third-order valence-electron chi connectivity index (χ3n) is 1.94. The molecule has 0 aliphatic carbocycles. The van der Waals surface area contributed by atoms with Gasteiger partial charge in [0, 0.05) is 0 Å². The summed E-state index contributed by atoms with van der Waals surface area (Å²) in [6, 6.07) is 0. The summed E-state index contributed by atoms with van der Waals surface area (Å²) < 4.78 is 4.98. The molecule has 0 amide bonds. The molecule has 4 nitrogen and oxygen atoms in total. The normalized spacial score (nSPS) is 23.6. The molecule has 1 saturated heterocycles. The van der Waals surface area contributed by atoms with Crippen molar-refractivity contribution in [1.29, 1.82) is 0 Å². The molecule has 4 heteroatoms. The van der Waals surface area contributed by atoms with Crippen molar-refractivity contribution in [2.75, 3.05) is 6.61 Å². The lowest BCUT2D eigenvalue weighted by Gasteiger charge is -2.03. The van der Waals surface area contributed by atoms with E-state index in [-0.39, 0.29) is 0 Å². The molecule has 0 aromatic heterocycles. The van der Waals surface area contributed by atoms with Gasteiger partial charge in [-0.25, -0.2) is 4.79 Å². The maximum atomic E-state index is 10.2. The highest BCUT2D eigenvalue weighted by molar-refractivity contribution is 5.71. The monoisotopic (exact) mass is 174 g/mol. The van der Waals surface area contributed by atoms with Gasteiger partial charge in [-0.2, -0.15) is 0 Å². The smallest absolute Gasteiger partial charge is 0.332 e. The number of hydrogen-bond acceptors (Lipinski definition) is 3. The van der Waals surface area contributed by atoms with Crippen molar-refractivity contribution in [2.24, 2.45) is 0 Å². The van der Waals surface area contributed by atoms with E-state index in [1.54, 1.807) is 0 Å². The quantitative estimate of drug-likeness (QED) is 0.451. The molecular weight excluding hydrogens is 160 g/mol. The first kappa shape index (κ1) is 9.48. The van der Waals surface area contributed by atoms with Crippen molar-refractivity contribution in [2.45, 2.75) is 37.9 Å². The van der Waals surface area contributed by atoms with E-state index in [1.807, 2.05) is 0 Å². The zero-order chi connectivity index (χ0) is 8.97. The third kappa shape index (κ3) is 3.69. The van der Waals surface area contributed by atoms with E-state index in [2.05, 4.69) is 0 Å². The summed E-state index contributed by atoms with van der Waals surface area (Å²) in [5, 5.41) is 17.2. The summed E-state index contributed by atoms with van der Waals surface area (Å²) in [5.74, 6) is -1.13. The van der Waals surface area contributed by atoms with E-state index in [1.165, 1.54) is 0 Å². The second-order valence-electron chi connectivity index (χ2n) is 3.09. The van der Waals surface area contributed by atoms with Crippen LogP contribution in [0.25, 0.3) is 0 Å². The van der Waals surface area contributed by atoms with Crippen LogP contribution in [0.1, 0.15) is 25.7 Å². The van der Waals surface area contributed by atoms with Crippen molar-refractivity contribution < 1.29 is 19.7 Å². The van der Waals surface area contributed by atoms with Gasteiger partial charge in [-0.3, -0.25) is 0 Å². The molecule has 0 bridgehead atoms. The Kier molecular flexibility index (Phi) is 3.49. The Morgan fingerprint density at radius 2 is 2.25 bits per heavy atom. The first-order valence-corrected chi connectivity index (χ1v) is 4.22. The molecule has 70 valence electrons. The van der Waals surface area contributed by atoms with E-state index in [9.17, 15) is 4.79 Å². The van der Waals surface area contributed by atoms with Crippen LogP contribution in [0.2, 0.25) is 0 Å². The minimum Gasteiger partial charge on any atom is -0.479 e. The van der Waals surface area contributed by atoms with Gasteiger partial charge in [0.25, 0.3) is 0 Å². The summed E-state index contributed by atoms with van der Waals surface area (Å²) >= 11 is 0. The Morgan fingerprint density at radius 1 is 1.58 bits per heavy atom. The highest BCUT2D eigenvalue weighted by atomic mass is 16.6. The van der Waals surface area contributed by atoms with Crippen LogP contribution >= 0.6 is 0 Å². The van der Waals surface area contributed by atoms with Crippen LogP contribution in [0, 0.1) is 0 Å². The zero-order valence-electron chi connectivity index (χ0n) is 6.90. The highest BCUT2D eigenvalue weighted by Gasteiger charge is 2.21. The Morgan fingerprint density at radius 3 is 2.75 bits per heavy atom. The number of aliphatic hydroxyl groups is 1. The van der Waals surface area contributed by atoms with Crippen LogP contribution in [0.4, 0.5) is 0 Å². The molecule has 0 saturated carbocycles. The van der Waals surface area contributed by atoms with Crippen LogP contribution in [0.3, 0.4) is 0 Å². The SMILES string of the molecule is O=C(O)[C@H](O)CCCC[C@H]1CO1.